The molecule has 0 bridgehead atoms. The van der Waals surface area contributed by atoms with Gasteiger partial charge in [0.25, 0.3) is 0 Å². The zero-order valence-corrected chi connectivity index (χ0v) is 11.3. The molecule has 0 aliphatic carbocycles. The fraction of sp³-hybridized carbons (Fsp3) is 0.600. The molecule has 106 valence electrons. The minimum Gasteiger partial charge on any atom is -0.491 e. The zero-order chi connectivity index (χ0) is 13.7. The average molecular weight is 268 g/mol. The molecular formula is C15H21FO3. The number of aliphatic hydroxyl groups is 1. The van der Waals surface area contributed by atoms with Crippen molar-refractivity contribution in [1.29, 1.82) is 0 Å². The van der Waals surface area contributed by atoms with Crippen LogP contribution in [-0.2, 0) is 4.74 Å². The molecule has 1 aliphatic rings. The summed E-state index contributed by atoms with van der Waals surface area (Å²) in [5.74, 6) is -0.174. The van der Waals surface area contributed by atoms with Crippen molar-refractivity contribution in [2.45, 2.75) is 44.8 Å². The second-order valence-corrected chi connectivity index (χ2v) is 4.99. The summed E-state index contributed by atoms with van der Waals surface area (Å²) in [4.78, 5) is 0. The third-order valence-electron chi connectivity index (χ3n) is 3.39. The summed E-state index contributed by atoms with van der Waals surface area (Å²) in [6.45, 7) is 2.96. The topological polar surface area (TPSA) is 38.7 Å². The molecule has 0 spiro atoms. The number of benzene rings is 1. The summed E-state index contributed by atoms with van der Waals surface area (Å²) >= 11 is 0. The Labute approximate surface area is 113 Å². The van der Waals surface area contributed by atoms with Crippen LogP contribution in [0.5, 0.6) is 5.75 Å². The molecule has 1 aliphatic heterocycles. The van der Waals surface area contributed by atoms with E-state index in [1.54, 1.807) is 19.1 Å². The molecule has 1 saturated heterocycles. The molecule has 4 heteroatoms. The Morgan fingerprint density at radius 1 is 1.53 bits per heavy atom. The lowest BCUT2D eigenvalue weighted by Gasteiger charge is -2.11. The molecule has 1 heterocycles. The predicted octanol–water partition coefficient (Wildman–Crippen LogP) is 3.22. The fourth-order valence-electron chi connectivity index (χ4n) is 2.26. The summed E-state index contributed by atoms with van der Waals surface area (Å²) in [6.07, 6.45) is 3.78. The first-order chi connectivity index (χ1) is 9.16. The molecule has 19 heavy (non-hydrogen) atoms. The van der Waals surface area contributed by atoms with Gasteiger partial charge in [-0.3, -0.25) is 0 Å². The number of hydrogen-bond donors (Lipinski definition) is 1. The summed E-state index contributed by atoms with van der Waals surface area (Å²) in [5.41, 5.74) is 0.559. The number of rotatable bonds is 6. The van der Waals surface area contributed by atoms with Gasteiger partial charge in [-0.1, -0.05) is 6.07 Å². The van der Waals surface area contributed by atoms with Crippen molar-refractivity contribution in [3.63, 3.8) is 0 Å². The van der Waals surface area contributed by atoms with Gasteiger partial charge in [-0.05, 0) is 50.3 Å². The van der Waals surface area contributed by atoms with E-state index in [9.17, 15) is 9.50 Å². The van der Waals surface area contributed by atoms with Crippen molar-refractivity contribution in [2.24, 2.45) is 0 Å². The quantitative estimate of drug-likeness (QED) is 0.805. The van der Waals surface area contributed by atoms with Gasteiger partial charge in [0, 0.05) is 6.61 Å². The molecule has 0 amide bonds. The van der Waals surface area contributed by atoms with Crippen LogP contribution in [0.15, 0.2) is 18.2 Å². The smallest absolute Gasteiger partial charge is 0.165 e. The van der Waals surface area contributed by atoms with E-state index in [-0.39, 0.29) is 5.75 Å². The molecule has 1 fully saturated rings. The van der Waals surface area contributed by atoms with E-state index in [1.165, 1.54) is 6.07 Å². The van der Waals surface area contributed by atoms with Crippen molar-refractivity contribution in [3.8, 4) is 5.75 Å². The molecule has 2 unspecified atom stereocenters. The predicted molar refractivity (Wildman–Crippen MR) is 70.7 cm³/mol. The van der Waals surface area contributed by atoms with E-state index in [2.05, 4.69) is 0 Å². The Morgan fingerprint density at radius 3 is 3.00 bits per heavy atom. The first-order valence-corrected chi connectivity index (χ1v) is 6.88. The van der Waals surface area contributed by atoms with E-state index in [0.717, 1.165) is 32.3 Å². The van der Waals surface area contributed by atoms with Gasteiger partial charge in [0.2, 0.25) is 0 Å². The Morgan fingerprint density at radius 2 is 2.37 bits per heavy atom. The number of halogens is 1. The molecule has 2 rings (SSSR count). The number of hydrogen-bond acceptors (Lipinski definition) is 3. The lowest BCUT2D eigenvalue weighted by atomic mass is 10.1. The third kappa shape index (κ3) is 4.18. The van der Waals surface area contributed by atoms with Crippen LogP contribution in [-0.4, -0.2) is 24.4 Å². The Balaban J connectivity index is 1.76. The summed E-state index contributed by atoms with van der Waals surface area (Å²) in [5, 5.41) is 9.35. The molecule has 1 aromatic rings. The lowest BCUT2D eigenvalue weighted by Crippen LogP contribution is -2.08. The van der Waals surface area contributed by atoms with Crippen LogP contribution < -0.4 is 4.74 Å². The highest BCUT2D eigenvalue weighted by Gasteiger charge is 2.15. The number of ether oxygens (including phenoxy) is 2. The largest absolute Gasteiger partial charge is 0.491 e. The maximum Gasteiger partial charge on any atom is 0.165 e. The second kappa shape index (κ2) is 6.87. The molecule has 0 aromatic heterocycles. The first kappa shape index (κ1) is 14.3. The second-order valence-electron chi connectivity index (χ2n) is 4.99. The van der Waals surface area contributed by atoms with E-state index in [4.69, 9.17) is 9.47 Å². The number of aliphatic hydroxyl groups excluding tert-OH is 1. The molecular weight excluding hydrogens is 247 g/mol. The molecule has 0 radical (unpaired) electrons. The van der Waals surface area contributed by atoms with Crippen LogP contribution in [0, 0.1) is 5.82 Å². The van der Waals surface area contributed by atoms with Crippen LogP contribution in [0.2, 0.25) is 0 Å². The molecule has 2 atom stereocenters. The Bertz CT molecular complexity index is 400. The first-order valence-electron chi connectivity index (χ1n) is 6.88. The van der Waals surface area contributed by atoms with Crippen LogP contribution >= 0.6 is 0 Å². The minimum atomic E-state index is -0.664. The molecule has 3 nitrogen and oxygen atoms in total. The lowest BCUT2D eigenvalue weighted by molar-refractivity contribution is 0.0979. The van der Waals surface area contributed by atoms with Gasteiger partial charge in [0.1, 0.15) is 0 Å². The summed E-state index contributed by atoms with van der Waals surface area (Å²) < 4.78 is 24.6. The van der Waals surface area contributed by atoms with Crippen LogP contribution in [0.25, 0.3) is 0 Å². The fourth-order valence-corrected chi connectivity index (χ4v) is 2.26. The van der Waals surface area contributed by atoms with Gasteiger partial charge in [0.05, 0.1) is 18.8 Å². The normalized spacial score (nSPS) is 20.5. The SMILES string of the molecule is CC(O)c1ccc(OCCCC2CCCO2)c(F)c1. The van der Waals surface area contributed by atoms with Crippen molar-refractivity contribution in [3.05, 3.63) is 29.6 Å². The van der Waals surface area contributed by atoms with Crippen LogP contribution in [0.3, 0.4) is 0 Å². The van der Waals surface area contributed by atoms with E-state index >= 15 is 0 Å². The van der Waals surface area contributed by atoms with E-state index < -0.39 is 11.9 Å². The van der Waals surface area contributed by atoms with Gasteiger partial charge >= 0.3 is 0 Å². The van der Waals surface area contributed by atoms with Crippen LogP contribution in [0.1, 0.15) is 44.3 Å². The summed E-state index contributed by atoms with van der Waals surface area (Å²) in [7, 11) is 0. The Kier molecular flexibility index (Phi) is 5.16. The highest BCUT2D eigenvalue weighted by Crippen LogP contribution is 2.22. The summed E-state index contributed by atoms with van der Waals surface area (Å²) in [6, 6.07) is 4.58. The van der Waals surface area contributed by atoms with Gasteiger partial charge in [0.15, 0.2) is 11.6 Å². The minimum absolute atomic E-state index is 0.247. The third-order valence-corrected chi connectivity index (χ3v) is 3.39. The molecule has 1 N–H and O–H groups in total. The van der Waals surface area contributed by atoms with E-state index in [0.29, 0.717) is 18.3 Å². The highest BCUT2D eigenvalue weighted by molar-refractivity contribution is 5.30. The zero-order valence-electron chi connectivity index (χ0n) is 11.3. The van der Waals surface area contributed by atoms with Crippen LogP contribution in [0.4, 0.5) is 4.39 Å². The van der Waals surface area contributed by atoms with Gasteiger partial charge in [-0.15, -0.1) is 0 Å². The Hall–Kier alpha value is -1.13. The van der Waals surface area contributed by atoms with Crippen molar-refractivity contribution in [2.75, 3.05) is 13.2 Å². The van der Waals surface area contributed by atoms with Gasteiger partial charge in [-0.2, -0.15) is 0 Å². The van der Waals surface area contributed by atoms with E-state index in [1.807, 2.05) is 0 Å². The van der Waals surface area contributed by atoms with Gasteiger partial charge < -0.3 is 14.6 Å². The van der Waals surface area contributed by atoms with Crippen molar-refractivity contribution < 1.29 is 19.0 Å². The standard InChI is InChI=1S/C15H21FO3/c1-11(17)12-6-7-15(14(16)10-12)19-9-3-5-13-4-2-8-18-13/h6-7,10-11,13,17H,2-5,8-9H2,1H3. The van der Waals surface area contributed by atoms with Crippen molar-refractivity contribution in [1.82, 2.24) is 0 Å². The molecule has 1 aromatic carbocycles. The maximum absolute atomic E-state index is 13.7. The monoisotopic (exact) mass is 268 g/mol. The maximum atomic E-state index is 13.7. The highest BCUT2D eigenvalue weighted by atomic mass is 19.1. The molecule has 0 saturated carbocycles. The average Bonchev–Trinajstić information content (AvgIpc) is 2.89. The van der Waals surface area contributed by atoms with Crippen molar-refractivity contribution >= 4 is 0 Å². The van der Waals surface area contributed by atoms with Gasteiger partial charge in [-0.25, -0.2) is 4.39 Å².